The number of hydrogen-bond donors (Lipinski definition) is 2. The molecular weight excluding hydrogens is 361 g/mol. The molecule has 0 heterocycles. The van der Waals surface area contributed by atoms with E-state index in [-0.39, 0.29) is 18.0 Å². The number of hydrogen-bond acceptors (Lipinski definition) is 4. The van der Waals surface area contributed by atoms with E-state index in [1.807, 2.05) is 0 Å². The molecule has 0 atom stereocenters. The van der Waals surface area contributed by atoms with Crippen LogP contribution in [0, 0.1) is 0 Å². The lowest BCUT2D eigenvalue weighted by Gasteiger charge is -2.14. The minimum Gasteiger partial charge on any atom is -0.484 e. The van der Waals surface area contributed by atoms with Crippen LogP contribution >= 0.6 is 0 Å². The Labute approximate surface area is 141 Å². The minimum absolute atomic E-state index is 0.0309. The van der Waals surface area contributed by atoms with Crippen LogP contribution in [-0.2, 0) is 21.0 Å². The fourth-order valence-electron chi connectivity index (χ4n) is 1.92. The van der Waals surface area contributed by atoms with Crippen molar-refractivity contribution in [3.05, 3.63) is 54.1 Å². The first-order chi connectivity index (χ1) is 11.6. The van der Waals surface area contributed by atoms with Crippen LogP contribution in [0.1, 0.15) is 5.56 Å². The van der Waals surface area contributed by atoms with Gasteiger partial charge in [0.1, 0.15) is 5.75 Å². The zero-order valence-electron chi connectivity index (χ0n) is 12.6. The molecule has 0 saturated heterocycles. The number of amides is 1. The number of rotatable bonds is 6. The molecule has 0 aliphatic carbocycles. The summed E-state index contributed by atoms with van der Waals surface area (Å²) in [6.07, 6.45) is -4.81. The largest absolute Gasteiger partial charge is 0.484 e. The van der Waals surface area contributed by atoms with Gasteiger partial charge in [0.25, 0.3) is 15.9 Å². The molecule has 25 heavy (non-hydrogen) atoms. The molecule has 0 aliphatic rings. The third kappa shape index (κ3) is 4.86. The Morgan fingerprint density at radius 1 is 1.08 bits per heavy atom. The molecule has 0 unspecified atom stereocenters. The lowest BCUT2D eigenvalue weighted by Crippen LogP contribution is -2.20. The van der Waals surface area contributed by atoms with Crippen LogP contribution in [0.2, 0.25) is 0 Å². The lowest BCUT2D eigenvalue weighted by atomic mass is 10.2. The van der Waals surface area contributed by atoms with Crippen LogP contribution in [0.3, 0.4) is 0 Å². The second-order valence-corrected chi connectivity index (χ2v) is 6.53. The summed E-state index contributed by atoms with van der Waals surface area (Å²) in [6, 6.07) is 9.11. The van der Waals surface area contributed by atoms with Crippen LogP contribution in [0.15, 0.2) is 53.4 Å². The van der Waals surface area contributed by atoms with Crippen LogP contribution in [0.4, 0.5) is 18.9 Å². The van der Waals surface area contributed by atoms with E-state index in [1.54, 1.807) is 0 Å². The third-order valence-corrected chi connectivity index (χ3v) is 4.41. The van der Waals surface area contributed by atoms with Crippen LogP contribution in [0.5, 0.6) is 5.75 Å². The van der Waals surface area contributed by atoms with Gasteiger partial charge in [-0.15, -0.1) is 0 Å². The van der Waals surface area contributed by atoms with Gasteiger partial charge >= 0.3 is 6.18 Å². The summed E-state index contributed by atoms with van der Waals surface area (Å²) in [6.45, 7) is -0.357. The van der Waals surface area contributed by atoms with Crippen molar-refractivity contribution in [3.63, 3.8) is 0 Å². The number of primary amides is 1. The molecule has 0 spiro atoms. The number of nitrogens with one attached hydrogen (secondary N) is 1. The van der Waals surface area contributed by atoms with Crippen LogP contribution < -0.4 is 15.2 Å². The zero-order valence-corrected chi connectivity index (χ0v) is 13.4. The number of anilines is 1. The highest BCUT2D eigenvalue weighted by molar-refractivity contribution is 7.92. The number of benzene rings is 2. The average Bonchev–Trinajstić information content (AvgIpc) is 2.53. The summed E-state index contributed by atoms with van der Waals surface area (Å²) < 4.78 is 70.5. The zero-order chi connectivity index (χ0) is 18.7. The molecule has 2 aromatic carbocycles. The van der Waals surface area contributed by atoms with Crippen LogP contribution in [0.25, 0.3) is 0 Å². The van der Waals surface area contributed by atoms with E-state index in [0.29, 0.717) is 6.07 Å². The molecule has 0 aliphatic heterocycles. The van der Waals surface area contributed by atoms with Gasteiger partial charge in [-0.05, 0) is 36.4 Å². The number of carbonyl (C=O) groups excluding carboxylic acids is 1. The molecule has 0 saturated carbocycles. The first-order valence-corrected chi connectivity index (χ1v) is 8.28. The van der Waals surface area contributed by atoms with Crippen molar-refractivity contribution >= 4 is 21.6 Å². The van der Waals surface area contributed by atoms with Crippen molar-refractivity contribution in [3.8, 4) is 5.75 Å². The smallest absolute Gasteiger partial charge is 0.417 e. The SMILES string of the molecule is NC(=O)COc1ccc(NS(=O)(=O)c2ccccc2C(F)(F)F)cc1. The molecule has 0 bridgehead atoms. The maximum Gasteiger partial charge on any atom is 0.417 e. The molecule has 2 rings (SSSR count). The normalized spacial score (nSPS) is 11.8. The molecule has 0 aromatic heterocycles. The molecule has 1 amide bonds. The van der Waals surface area contributed by atoms with Gasteiger partial charge in [-0.3, -0.25) is 9.52 Å². The van der Waals surface area contributed by atoms with E-state index in [1.165, 1.54) is 30.3 Å². The van der Waals surface area contributed by atoms with Crippen molar-refractivity contribution in [1.82, 2.24) is 0 Å². The molecule has 2 aromatic rings. The highest BCUT2D eigenvalue weighted by atomic mass is 32.2. The summed E-state index contributed by atoms with van der Waals surface area (Å²) in [7, 11) is -4.45. The first kappa shape index (κ1) is 18.6. The van der Waals surface area contributed by atoms with E-state index < -0.39 is 32.6 Å². The average molecular weight is 374 g/mol. The second kappa shape index (κ2) is 7.01. The van der Waals surface area contributed by atoms with Gasteiger partial charge in [0, 0.05) is 5.69 Å². The quantitative estimate of drug-likeness (QED) is 0.811. The van der Waals surface area contributed by atoms with E-state index in [9.17, 15) is 26.4 Å². The van der Waals surface area contributed by atoms with Crippen molar-refractivity contribution < 1.29 is 31.1 Å². The maximum absolute atomic E-state index is 13.0. The van der Waals surface area contributed by atoms with Gasteiger partial charge in [0.05, 0.1) is 10.5 Å². The highest BCUT2D eigenvalue weighted by Crippen LogP contribution is 2.34. The Morgan fingerprint density at radius 3 is 2.24 bits per heavy atom. The molecule has 0 fully saturated rings. The number of halogens is 3. The molecular formula is C15H13F3N2O4S. The lowest BCUT2D eigenvalue weighted by molar-refractivity contribution is -0.139. The third-order valence-electron chi connectivity index (χ3n) is 2.97. The van der Waals surface area contributed by atoms with E-state index >= 15 is 0 Å². The summed E-state index contributed by atoms with van der Waals surface area (Å²) in [4.78, 5) is 9.73. The standard InChI is InChI=1S/C15H13F3N2O4S/c16-15(17,18)12-3-1-2-4-13(12)25(22,23)20-10-5-7-11(8-6-10)24-9-14(19)21/h1-8,20H,9H2,(H2,19,21). The van der Waals surface area contributed by atoms with Crippen molar-refractivity contribution in [2.24, 2.45) is 5.73 Å². The number of alkyl halides is 3. The van der Waals surface area contributed by atoms with Crippen molar-refractivity contribution in [1.29, 1.82) is 0 Å². The number of carbonyl (C=O) groups is 1. The predicted molar refractivity (Wildman–Crippen MR) is 83.4 cm³/mol. The summed E-state index contributed by atoms with van der Waals surface area (Å²) in [5, 5.41) is 0. The summed E-state index contributed by atoms with van der Waals surface area (Å²) in [5.74, 6) is -0.439. The van der Waals surface area contributed by atoms with Gasteiger partial charge in [0.2, 0.25) is 0 Å². The number of sulfonamides is 1. The van der Waals surface area contributed by atoms with Crippen molar-refractivity contribution in [2.75, 3.05) is 11.3 Å². The number of nitrogens with two attached hydrogens (primary N) is 1. The van der Waals surface area contributed by atoms with Crippen LogP contribution in [-0.4, -0.2) is 20.9 Å². The van der Waals surface area contributed by atoms with Gasteiger partial charge < -0.3 is 10.5 Å². The Balaban J connectivity index is 2.24. The molecule has 3 N–H and O–H groups in total. The number of ether oxygens (including phenoxy) is 1. The van der Waals surface area contributed by atoms with Crippen molar-refractivity contribution in [2.45, 2.75) is 11.1 Å². The highest BCUT2D eigenvalue weighted by Gasteiger charge is 2.36. The molecule has 134 valence electrons. The first-order valence-electron chi connectivity index (χ1n) is 6.80. The van der Waals surface area contributed by atoms with Gasteiger partial charge in [-0.1, -0.05) is 12.1 Å². The fraction of sp³-hybridized carbons (Fsp3) is 0.133. The topological polar surface area (TPSA) is 98.5 Å². The minimum atomic E-state index is -4.81. The Hall–Kier alpha value is -2.75. The Kier molecular flexibility index (Phi) is 5.21. The van der Waals surface area contributed by atoms with Gasteiger partial charge in [0.15, 0.2) is 6.61 Å². The van der Waals surface area contributed by atoms with E-state index in [0.717, 1.165) is 12.1 Å². The summed E-state index contributed by atoms with van der Waals surface area (Å²) >= 11 is 0. The monoisotopic (exact) mass is 374 g/mol. The van der Waals surface area contributed by atoms with Gasteiger partial charge in [-0.25, -0.2) is 8.42 Å². The fourth-order valence-corrected chi connectivity index (χ4v) is 3.21. The molecule has 10 heteroatoms. The molecule has 0 radical (unpaired) electrons. The van der Waals surface area contributed by atoms with E-state index in [4.69, 9.17) is 10.5 Å². The predicted octanol–water partition coefficient (Wildman–Crippen LogP) is 2.37. The van der Waals surface area contributed by atoms with Gasteiger partial charge in [-0.2, -0.15) is 13.2 Å². The maximum atomic E-state index is 13.0. The molecule has 6 nitrogen and oxygen atoms in total. The summed E-state index contributed by atoms with van der Waals surface area (Å²) in [5.41, 5.74) is 3.69. The second-order valence-electron chi connectivity index (χ2n) is 4.88. The van der Waals surface area contributed by atoms with E-state index in [2.05, 4.69) is 4.72 Å². The Bertz CT molecular complexity index is 865. The Morgan fingerprint density at radius 2 is 1.68 bits per heavy atom.